The summed E-state index contributed by atoms with van der Waals surface area (Å²) in [4.78, 5) is 43.7. The minimum Gasteiger partial charge on any atom is -0.356 e. The maximum absolute atomic E-state index is 13.2. The summed E-state index contributed by atoms with van der Waals surface area (Å²) in [6, 6.07) is 14.1. The van der Waals surface area contributed by atoms with Crippen LogP contribution in [-0.2, 0) is 6.42 Å². The van der Waals surface area contributed by atoms with E-state index in [0.717, 1.165) is 43.7 Å². The topological polar surface area (TPSA) is 96.8 Å². The fourth-order valence-electron chi connectivity index (χ4n) is 5.31. The molecular formula is C28H32N6O2. The molecule has 1 N–H and O–H groups in total. The van der Waals surface area contributed by atoms with Gasteiger partial charge in [0.2, 0.25) is 0 Å². The van der Waals surface area contributed by atoms with Crippen molar-refractivity contribution in [3.8, 4) is 0 Å². The van der Waals surface area contributed by atoms with Gasteiger partial charge in [0.25, 0.3) is 0 Å². The summed E-state index contributed by atoms with van der Waals surface area (Å²) >= 11 is 0. The Kier molecular flexibility index (Phi) is 6.43. The van der Waals surface area contributed by atoms with Crippen molar-refractivity contribution in [3.63, 3.8) is 0 Å². The minimum absolute atomic E-state index is 0.0315. The van der Waals surface area contributed by atoms with Crippen molar-refractivity contribution < 1.29 is 4.79 Å². The number of benzene rings is 1. The molecule has 8 heteroatoms. The molecular weight excluding hydrogens is 452 g/mol. The quantitative estimate of drug-likeness (QED) is 0.388. The van der Waals surface area contributed by atoms with Crippen molar-refractivity contribution in [1.29, 1.82) is 0 Å². The Morgan fingerprint density at radius 2 is 1.89 bits per heavy atom. The van der Waals surface area contributed by atoms with Crippen LogP contribution in [0.25, 0.3) is 11.2 Å². The second-order valence-corrected chi connectivity index (χ2v) is 10.6. The van der Waals surface area contributed by atoms with Crippen molar-refractivity contribution in [2.24, 2.45) is 5.41 Å². The van der Waals surface area contributed by atoms with Gasteiger partial charge in [0, 0.05) is 37.8 Å². The summed E-state index contributed by atoms with van der Waals surface area (Å²) in [5.74, 6) is 0.792. The highest BCUT2D eigenvalue weighted by atomic mass is 16.1. The molecule has 3 aromatic heterocycles. The van der Waals surface area contributed by atoms with Gasteiger partial charge in [-0.15, -0.1) is 0 Å². The lowest BCUT2D eigenvalue weighted by molar-refractivity contribution is 0.0926. The van der Waals surface area contributed by atoms with Crippen LogP contribution in [0.4, 0.5) is 5.82 Å². The number of fused-ring (bicyclic) bond motifs is 1. The van der Waals surface area contributed by atoms with Gasteiger partial charge in [0.1, 0.15) is 17.8 Å². The summed E-state index contributed by atoms with van der Waals surface area (Å²) in [5.41, 5.74) is 4.08. The number of carbonyl (C=O) groups excluding carboxylic acids is 1. The number of nitrogens with one attached hydrogen (secondary N) is 1. The molecule has 4 heterocycles. The summed E-state index contributed by atoms with van der Waals surface area (Å²) in [7, 11) is 0. The molecule has 0 saturated carbocycles. The van der Waals surface area contributed by atoms with E-state index in [1.54, 1.807) is 6.20 Å². The normalized spacial score (nSPS) is 14.9. The Morgan fingerprint density at radius 1 is 1.08 bits per heavy atom. The van der Waals surface area contributed by atoms with Crippen molar-refractivity contribution >= 4 is 22.8 Å². The molecule has 5 rings (SSSR count). The van der Waals surface area contributed by atoms with Gasteiger partial charge in [-0.25, -0.2) is 19.7 Å². The van der Waals surface area contributed by atoms with E-state index in [4.69, 9.17) is 0 Å². The van der Waals surface area contributed by atoms with Crippen LogP contribution >= 0.6 is 0 Å². The standard InChI is InChI=1S/C28H32N6O2/c1-19-6-4-7-20(14-19)16-28(2,3)17-24(35)22-15-25(31-18-30-22)33-12-9-21(10-13-33)34-23-8-5-11-29-26(23)32-27(34)36/h4-8,11,14-15,18,21H,9-10,12-13,16-17H2,1-3H3,(H,29,32,36). The molecule has 0 spiro atoms. The molecule has 8 nitrogen and oxygen atoms in total. The number of aryl methyl sites for hydroxylation is 1. The average molecular weight is 485 g/mol. The Hall–Kier alpha value is -3.81. The number of H-pyrrole nitrogens is 1. The van der Waals surface area contributed by atoms with Crippen molar-refractivity contribution in [3.05, 3.63) is 82.3 Å². The SMILES string of the molecule is Cc1cccc(CC(C)(C)CC(=O)c2cc(N3CCC(n4c(=O)[nH]c5ncccc54)CC3)ncn2)c1. The Morgan fingerprint density at radius 3 is 2.67 bits per heavy atom. The number of aromatic nitrogens is 5. The number of aromatic amines is 1. The van der Waals surface area contributed by atoms with Gasteiger partial charge in [0.15, 0.2) is 11.4 Å². The van der Waals surface area contributed by atoms with E-state index in [0.29, 0.717) is 17.8 Å². The van der Waals surface area contributed by atoms with E-state index >= 15 is 0 Å². The van der Waals surface area contributed by atoms with Crippen molar-refractivity contribution in [2.75, 3.05) is 18.0 Å². The number of pyridine rings is 1. The summed E-state index contributed by atoms with van der Waals surface area (Å²) in [5, 5.41) is 0. The van der Waals surface area contributed by atoms with Gasteiger partial charge in [-0.1, -0.05) is 43.7 Å². The van der Waals surface area contributed by atoms with E-state index in [1.165, 1.54) is 17.5 Å². The highest BCUT2D eigenvalue weighted by molar-refractivity contribution is 5.95. The number of hydrogen-bond donors (Lipinski definition) is 1. The van der Waals surface area contributed by atoms with Gasteiger partial charge < -0.3 is 4.90 Å². The fourth-order valence-corrected chi connectivity index (χ4v) is 5.31. The predicted octanol–water partition coefficient (Wildman–Crippen LogP) is 4.51. The first-order valence-corrected chi connectivity index (χ1v) is 12.5. The number of carbonyl (C=O) groups is 1. The summed E-state index contributed by atoms with van der Waals surface area (Å²) in [6.07, 6.45) is 6.02. The maximum atomic E-state index is 13.2. The highest BCUT2D eigenvalue weighted by Gasteiger charge is 2.27. The van der Waals surface area contributed by atoms with Gasteiger partial charge in [-0.05, 0) is 49.3 Å². The molecule has 186 valence electrons. The van der Waals surface area contributed by atoms with Crippen molar-refractivity contribution in [1.82, 2.24) is 24.5 Å². The van der Waals surface area contributed by atoms with Crippen LogP contribution in [-0.4, -0.2) is 43.4 Å². The number of rotatable bonds is 7. The number of piperidine rings is 1. The lowest BCUT2D eigenvalue weighted by Gasteiger charge is -2.33. The third-order valence-corrected chi connectivity index (χ3v) is 6.99. The van der Waals surface area contributed by atoms with Crippen LogP contribution in [0.5, 0.6) is 0 Å². The number of Topliss-reactive ketones (excluding diaryl/α,β-unsaturated/α-hetero) is 1. The number of hydrogen-bond acceptors (Lipinski definition) is 6. The number of ketones is 1. The molecule has 1 saturated heterocycles. The lowest BCUT2D eigenvalue weighted by atomic mass is 9.80. The highest BCUT2D eigenvalue weighted by Crippen LogP contribution is 2.30. The third kappa shape index (κ3) is 5.08. The van der Waals surface area contributed by atoms with Crippen LogP contribution in [0.15, 0.2) is 59.8 Å². The molecule has 0 aliphatic carbocycles. The molecule has 1 fully saturated rings. The molecule has 0 bridgehead atoms. The predicted molar refractivity (Wildman–Crippen MR) is 140 cm³/mol. The zero-order valence-electron chi connectivity index (χ0n) is 21.1. The zero-order chi connectivity index (χ0) is 25.3. The lowest BCUT2D eigenvalue weighted by Crippen LogP contribution is -2.37. The molecule has 1 aliphatic heterocycles. The van der Waals surface area contributed by atoms with Crippen LogP contribution in [0.3, 0.4) is 0 Å². The molecule has 36 heavy (non-hydrogen) atoms. The third-order valence-electron chi connectivity index (χ3n) is 6.99. The van der Waals surface area contributed by atoms with Gasteiger partial charge in [0.05, 0.1) is 5.52 Å². The van der Waals surface area contributed by atoms with Gasteiger partial charge in [-0.3, -0.25) is 14.3 Å². The Bertz CT molecular complexity index is 1450. The van der Waals surface area contributed by atoms with E-state index < -0.39 is 0 Å². The summed E-state index contributed by atoms with van der Waals surface area (Å²) < 4.78 is 1.82. The van der Waals surface area contributed by atoms with E-state index in [2.05, 4.69) is 69.9 Å². The molecule has 0 amide bonds. The molecule has 0 radical (unpaired) electrons. The van der Waals surface area contributed by atoms with Gasteiger partial charge >= 0.3 is 5.69 Å². The number of nitrogens with zero attached hydrogens (tertiary/aromatic N) is 5. The minimum atomic E-state index is -0.185. The van der Waals surface area contributed by atoms with E-state index in [9.17, 15) is 9.59 Å². The van der Waals surface area contributed by atoms with Crippen molar-refractivity contribution in [2.45, 2.75) is 52.5 Å². The smallest absolute Gasteiger partial charge is 0.327 e. The van der Waals surface area contributed by atoms with Gasteiger partial charge in [-0.2, -0.15) is 0 Å². The first-order chi connectivity index (χ1) is 17.3. The molecule has 1 aromatic carbocycles. The number of anilines is 1. The Balaban J connectivity index is 1.25. The zero-order valence-corrected chi connectivity index (χ0v) is 21.1. The monoisotopic (exact) mass is 484 g/mol. The molecule has 0 atom stereocenters. The maximum Gasteiger partial charge on any atom is 0.327 e. The van der Waals surface area contributed by atoms with Crippen LogP contribution in [0.1, 0.15) is 60.8 Å². The second-order valence-electron chi connectivity index (χ2n) is 10.6. The first kappa shape index (κ1) is 23.9. The van der Waals surface area contributed by atoms with Crippen LogP contribution < -0.4 is 10.6 Å². The Labute approximate surface area is 210 Å². The second kappa shape index (κ2) is 9.68. The fraction of sp³-hybridized carbons (Fsp3) is 0.393. The van der Waals surface area contributed by atoms with Crippen LogP contribution in [0.2, 0.25) is 0 Å². The average Bonchev–Trinajstić information content (AvgIpc) is 3.19. The molecule has 0 unspecified atom stereocenters. The number of imidazole rings is 1. The largest absolute Gasteiger partial charge is 0.356 e. The first-order valence-electron chi connectivity index (χ1n) is 12.5. The molecule has 4 aromatic rings. The van der Waals surface area contributed by atoms with Crippen LogP contribution in [0, 0.1) is 12.3 Å². The van der Waals surface area contributed by atoms with E-state index in [1.807, 2.05) is 22.8 Å². The summed E-state index contributed by atoms with van der Waals surface area (Å²) in [6.45, 7) is 7.83. The van der Waals surface area contributed by atoms with E-state index in [-0.39, 0.29) is 22.9 Å². The molecule has 1 aliphatic rings.